The summed E-state index contributed by atoms with van der Waals surface area (Å²) in [4.78, 5) is 40.7. The fourth-order valence-electron chi connectivity index (χ4n) is 2.73. The average molecular weight is 332 g/mol. The number of nitrogens with two attached hydrogens (primary N) is 1. The lowest BCUT2D eigenvalue weighted by Crippen LogP contribution is -2.54. The Labute approximate surface area is 142 Å². The summed E-state index contributed by atoms with van der Waals surface area (Å²) in [6.07, 6.45) is 0. The summed E-state index contributed by atoms with van der Waals surface area (Å²) in [5, 5.41) is 0. The third-order valence-electron chi connectivity index (χ3n) is 4.07. The lowest BCUT2D eigenvalue weighted by atomic mass is 10.2. The number of hydrogen-bond donors (Lipinski definition) is 1. The van der Waals surface area contributed by atoms with Crippen molar-refractivity contribution < 1.29 is 14.4 Å². The van der Waals surface area contributed by atoms with E-state index in [0.29, 0.717) is 26.2 Å². The molecule has 0 spiro atoms. The minimum atomic E-state index is -0.788. The largest absolute Gasteiger partial charge is 0.332 e. The summed E-state index contributed by atoms with van der Waals surface area (Å²) in [5.74, 6) is -1.87. The fraction of sp³-hybridized carbons (Fsp3) is 0.471. The van der Waals surface area contributed by atoms with Crippen LogP contribution in [-0.2, 0) is 20.9 Å². The molecule has 2 rings (SSSR count). The number of hydrogen-bond acceptors (Lipinski definition) is 5. The molecule has 1 aromatic rings. The second kappa shape index (κ2) is 8.56. The minimum Gasteiger partial charge on any atom is -0.332 e. The predicted octanol–water partition coefficient (Wildman–Crippen LogP) is -0.335. The molecule has 1 aliphatic rings. The molecule has 2 N–H and O–H groups in total. The van der Waals surface area contributed by atoms with Crippen molar-refractivity contribution in [3.63, 3.8) is 0 Å². The van der Waals surface area contributed by atoms with Gasteiger partial charge in [0.05, 0.1) is 0 Å². The van der Waals surface area contributed by atoms with E-state index in [1.54, 1.807) is 0 Å². The van der Waals surface area contributed by atoms with Crippen LogP contribution in [0.15, 0.2) is 30.3 Å². The zero-order valence-corrected chi connectivity index (χ0v) is 14.0. The van der Waals surface area contributed by atoms with Crippen molar-refractivity contribution in [3.05, 3.63) is 35.9 Å². The Morgan fingerprint density at radius 1 is 1.08 bits per heavy atom. The average Bonchev–Trinajstić information content (AvgIpc) is 2.60. The van der Waals surface area contributed by atoms with Crippen LogP contribution in [0.1, 0.15) is 12.5 Å². The quantitative estimate of drug-likeness (QED) is 0.763. The monoisotopic (exact) mass is 332 g/mol. The molecule has 0 aliphatic carbocycles. The van der Waals surface area contributed by atoms with Gasteiger partial charge in [0.25, 0.3) is 0 Å². The first kappa shape index (κ1) is 18.1. The number of rotatable bonds is 4. The molecule has 7 nitrogen and oxygen atoms in total. The molecule has 1 aromatic carbocycles. The lowest BCUT2D eigenvalue weighted by Gasteiger charge is -2.35. The van der Waals surface area contributed by atoms with Crippen LogP contribution in [0.5, 0.6) is 0 Å². The molecule has 7 heteroatoms. The van der Waals surface area contributed by atoms with Crippen molar-refractivity contribution >= 4 is 17.7 Å². The molecule has 1 fully saturated rings. The molecule has 1 saturated heterocycles. The fourth-order valence-corrected chi connectivity index (χ4v) is 2.73. The van der Waals surface area contributed by atoms with E-state index in [0.717, 1.165) is 11.4 Å². The maximum atomic E-state index is 12.3. The first-order valence-corrected chi connectivity index (χ1v) is 8.10. The van der Waals surface area contributed by atoms with Gasteiger partial charge in [0, 0.05) is 52.7 Å². The predicted molar refractivity (Wildman–Crippen MR) is 89.7 cm³/mol. The van der Waals surface area contributed by atoms with Gasteiger partial charge in [-0.2, -0.15) is 0 Å². The Morgan fingerprint density at radius 3 is 2.25 bits per heavy atom. The van der Waals surface area contributed by atoms with E-state index in [-0.39, 0.29) is 13.1 Å². The molecule has 1 aliphatic heterocycles. The molecule has 3 amide bonds. The molecular formula is C17H24N4O3. The topological polar surface area (TPSA) is 86.9 Å². The van der Waals surface area contributed by atoms with Crippen molar-refractivity contribution in [2.75, 3.05) is 39.3 Å². The molecule has 0 aromatic heterocycles. The maximum absolute atomic E-state index is 12.3. The van der Waals surface area contributed by atoms with Gasteiger partial charge in [-0.1, -0.05) is 30.3 Å². The van der Waals surface area contributed by atoms with Gasteiger partial charge in [0.2, 0.25) is 5.91 Å². The number of nitrogens with zero attached hydrogens (tertiary/aromatic N) is 3. The van der Waals surface area contributed by atoms with Crippen LogP contribution in [0, 0.1) is 0 Å². The number of carbonyl (C=O) groups excluding carboxylic acids is 3. The molecule has 0 saturated carbocycles. The van der Waals surface area contributed by atoms with E-state index in [2.05, 4.69) is 17.0 Å². The SMILES string of the molecule is CC(=O)N(CCN)C(=O)C(=O)N1CCN(Cc2ccccc2)CC1. The Morgan fingerprint density at radius 2 is 1.71 bits per heavy atom. The van der Waals surface area contributed by atoms with E-state index in [1.165, 1.54) is 17.4 Å². The van der Waals surface area contributed by atoms with Crippen LogP contribution in [-0.4, -0.2) is 71.7 Å². The van der Waals surface area contributed by atoms with E-state index in [1.807, 2.05) is 18.2 Å². The van der Waals surface area contributed by atoms with E-state index in [9.17, 15) is 14.4 Å². The molecule has 0 bridgehead atoms. The first-order chi connectivity index (χ1) is 11.5. The number of benzene rings is 1. The smallest absolute Gasteiger partial charge is 0.318 e. The van der Waals surface area contributed by atoms with E-state index < -0.39 is 17.7 Å². The summed E-state index contributed by atoms with van der Waals surface area (Å²) < 4.78 is 0. The Bertz CT molecular complexity index is 583. The first-order valence-electron chi connectivity index (χ1n) is 8.10. The van der Waals surface area contributed by atoms with Crippen LogP contribution in [0.25, 0.3) is 0 Å². The van der Waals surface area contributed by atoms with Gasteiger partial charge in [0.15, 0.2) is 0 Å². The number of imide groups is 1. The standard InChI is InChI=1S/C17H24N4O3/c1-14(22)21(8-7-18)17(24)16(23)20-11-9-19(10-12-20)13-15-5-3-2-4-6-15/h2-6H,7-13,18H2,1H3. The highest BCUT2D eigenvalue weighted by Crippen LogP contribution is 2.09. The number of amides is 3. The third-order valence-corrected chi connectivity index (χ3v) is 4.07. The molecule has 1 heterocycles. The van der Waals surface area contributed by atoms with Crippen molar-refractivity contribution in [3.8, 4) is 0 Å². The summed E-state index contributed by atoms with van der Waals surface area (Å²) in [5.41, 5.74) is 6.62. The number of carbonyl (C=O) groups is 3. The summed E-state index contributed by atoms with van der Waals surface area (Å²) >= 11 is 0. The maximum Gasteiger partial charge on any atom is 0.318 e. The highest BCUT2D eigenvalue weighted by atomic mass is 16.2. The van der Waals surface area contributed by atoms with Crippen molar-refractivity contribution in [1.29, 1.82) is 0 Å². The van der Waals surface area contributed by atoms with Crippen molar-refractivity contribution in [2.24, 2.45) is 5.73 Å². The second-order valence-electron chi connectivity index (χ2n) is 5.82. The molecule has 24 heavy (non-hydrogen) atoms. The van der Waals surface area contributed by atoms with Gasteiger partial charge < -0.3 is 10.6 Å². The normalized spacial score (nSPS) is 15.2. The highest BCUT2D eigenvalue weighted by molar-refractivity contribution is 6.37. The van der Waals surface area contributed by atoms with Gasteiger partial charge in [-0.15, -0.1) is 0 Å². The third kappa shape index (κ3) is 4.62. The van der Waals surface area contributed by atoms with Crippen LogP contribution >= 0.6 is 0 Å². The van der Waals surface area contributed by atoms with Crippen molar-refractivity contribution in [2.45, 2.75) is 13.5 Å². The van der Waals surface area contributed by atoms with E-state index >= 15 is 0 Å². The van der Waals surface area contributed by atoms with Crippen molar-refractivity contribution in [1.82, 2.24) is 14.7 Å². The van der Waals surface area contributed by atoms with Crippen LogP contribution in [0.4, 0.5) is 0 Å². The van der Waals surface area contributed by atoms with Gasteiger partial charge in [-0.25, -0.2) is 0 Å². The van der Waals surface area contributed by atoms with Gasteiger partial charge in [0.1, 0.15) is 0 Å². The zero-order chi connectivity index (χ0) is 17.5. The molecular weight excluding hydrogens is 308 g/mol. The summed E-state index contributed by atoms with van der Waals surface area (Å²) in [6, 6.07) is 10.1. The lowest BCUT2D eigenvalue weighted by molar-refractivity contribution is -0.157. The van der Waals surface area contributed by atoms with Gasteiger partial charge >= 0.3 is 11.8 Å². The van der Waals surface area contributed by atoms with Gasteiger partial charge in [-0.05, 0) is 5.56 Å². The molecule has 130 valence electrons. The second-order valence-corrected chi connectivity index (χ2v) is 5.82. The number of piperazine rings is 1. The Hall–Kier alpha value is -2.25. The van der Waals surface area contributed by atoms with Crippen LogP contribution in [0.2, 0.25) is 0 Å². The Kier molecular flexibility index (Phi) is 6.45. The Balaban J connectivity index is 1.88. The zero-order valence-electron chi connectivity index (χ0n) is 14.0. The minimum absolute atomic E-state index is 0.0634. The molecule has 0 atom stereocenters. The van der Waals surface area contributed by atoms with Gasteiger partial charge in [-0.3, -0.25) is 24.2 Å². The van der Waals surface area contributed by atoms with E-state index in [4.69, 9.17) is 5.73 Å². The summed E-state index contributed by atoms with van der Waals surface area (Å²) in [7, 11) is 0. The van der Waals surface area contributed by atoms with Crippen LogP contribution in [0.3, 0.4) is 0 Å². The molecule has 0 unspecified atom stereocenters. The molecule has 0 radical (unpaired) electrons. The van der Waals surface area contributed by atoms with Crippen LogP contribution < -0.4 is 5.73 Å². The summed E-state index contributed by atoms with van der Waals surface area (Å²) in [6.45, 7) is 4.65. The highest BCUT2D eigenvalue weighted by Gasteiger charge is 2.30.